The summed E-state index contributed by atoms with van der Waals surface area (Å²) < 4.78 is 11.1. The van der Waals surface area contributed by atoms with Crippen molar-refractivity contribution in [2.24, 2.45) is 0 Å². The molecule has 0 aliphatic rings. The molecule has 1 N–H and O–H groups in total. The van der Waals surface area contributed by atoms with Crippen molar-refractivity contribution in [3.63, 3.8) is 0 Å². The van der Waals surface area contributed by atoms with Crippen molar-refractivity contribution < 1.29 is 9.47 Å². The molecule has 0 amide bonds. The summed E-state index contributed by atoms with van der Waals surface area (Å²) in [6.45, 7) is 6.24. The van der Waals surface area contributed by atoms with Crippen LogP contribution in [0.3, 0.4) is 0 Å². The number of aromatic nitrogens is 2. The highest BCUT2D eigenvalue weighted by molar-refractivity contribution is 5.35. The van der Waals surface area contributed by atoms with Gasteiger partial charge in [-0.25, -0.2) is 0 Å². The first-order valence-corrected chi connectivity index (χ1v) is 6.76. The minimum Gasteiger partial charge on any atom is -0.494 e. The topological polar surface area (TPSA) is 56.3 Å². The Bertz CT molecular complexity index is 529. The van der Waals surface area contributed by atoms with Gasteiger partial charge in [-0.3, -0.25) is 0 Å². The summed E-state index contributed by atoms with van der Waals surface area (Å²) in [5, 5.41) is 11.3. The number of nitrogens with zero attached hydrogens (tertiary/aromatic N) is 2. The summed E-state index contributed by atoms with van der Waals surface area (Å²) in [7, 11) is 0. The molecular formula is C15H19N3O2. The van der Waals surface area contributed by atoms with E-state index in [0.29, 0.717) is 24.8 Å². The Morgan fingerprint density at radius 2 is 1.90 bits per heavy atom. The van der Waals surface area contributed by atoms with E-state index in [2.05, 4.69) is 22.4 Å². The van der Waals surface area contributed by atoms with Gasteiger partial charge in [0.25, 0.3) is 0 Å². The molecule has 0 atom stereocenters. The molecule has 0 saturated carbocycles. The lowest BCUT2D eigenvalue weighted by Crippen LogP contribution is -2.13. The van der Waals surface area contributed by atoms with Crippen molar-refractivity contribution in [2.75, 3.05) is 13.2 Å². The SMILES string of the molecule is CCNCc1ccc(Oc2cccc(OCC)c2)nn1. The fourth-order valence-corrected chi connectivity index (χ4v) is 1.66. The van der Waals surface area contributed by atoms with Crippen LogP contribution >= 0.6 is 0 Å². The number of ether oxygens (including phenoxy) is 2. The Labute approximate surface area is 118 Å². The molecule has 0 aliphatic carbocycles. The zero-order valence-corrected chi connectivity index (χ0v) is 11.8. The van der Waals surface area contributed by atoms with Gasteiger partial charge in [0, 0.05) is 18.7 Å². The number of benzene rings is 1. The summed E-state index contributed by atoms with van der Waals surface area (Å²) in [5.74, 6) is 1.94. The Balaban J connectivity index is 2.00. The van der Waals surface area contributed by atoms with Crippen LogP contribution < -0.4 is 14.8 Å². The van der Waals surface area contributed by atoms with E-state index in [1.807, 2.05) is 43.3 Å². The van der Waals surface area contributed by atoms with E-state index in [0.717, 1.165) is 18.0 Å². The molecule has 2 aromatic rings. The van der Waals surface area contributed by atoms with E-state index in [-0.39, 0.29) is 0 Å². The van der Waals surface area contributed by atoms with Gasteiger partial charge in [-0.1, -0.05) is 13.0 Å². The first-order valence-electron chi connectivity index (χ1n) is 6.76. The third-order valence-electron chi connectivity index (χ3n) is 2.59. The lowest BCUT2D eigenvalue weighted by Gasteiger charge is -2.07. The van der Waals surface area contributed by atoms with Crippen LogP contribution in [-0.2, 0) is 6.54 Å². The first-order chi connectivity index (χ1) is 9.81. The normalized spacial score (nSPS) is 10.3. The fourth-order valence-electron chi connectivity index (χ4n) is 1.66. The zero-order chi connectivity index (χ0) is 14.2. The standard InChI is InChI=1S/C15H19N3O2/c1-3-16-11-12-8-9-15(18-17-12)20-14-7-5-6-13(10-14)19-4-2/h5-10,16H,3-4,11H2,1-2H3. The van der Waals surface area contributed by atoms with Crippen LogP contribution in [0.4, 0.5) is 0 Å². The van der Waals surface area contributed by atoms with Crippen LogP contribution in [0.5, 0.6) is 17.4 Å². The molecule has 0 saturated heterocycles. The summed E-state index contributed by atoms with van der Waals surface area (Å²) in [4.78, 5) is 0. The third kappa shape index (κ3) is 4.20. The maximum atomic E-state index is 5.65. The van der Waals surface area contributed by atoms with Crippen LogP contribution in [0.15, 0.2) is 36.4 Å². The average Bonchev–Trinajstić information content (AvgIpc) is 2.47. The molecule has 106 valence electrons. The molecular weight excluding hydrogens is 254 g/mol. The summed E-state index contributed by atoms with van der Waals surface area (Å²) in [5.41, 5.74) is 0.891. The molecule has 0 aliphatic heterocycles. The van der Waals surface area contributed by atoms with Crippen molar-refractivity contribution in [3.05, 3.63) is 42.1 Å². The van der Waals surface area contributed by atoms with Crippen LogP contribution in [-0.4, -0.2) is 23.3 Å². The Hall–Kier alpha value is -2.14. The van der Waals surface area contributed by atoms with E-state index in [9.17, 15) is 0 Å². The van der Waals surface area contributed by atoms with Crippen molar-refractivity contribution in [2.45, 2.75) is 20.4 Å². The van der Waals surface area contributed by atoms with Gasteiger partial charge in [-0.15, -0.1) is 5.10 Å². The number of nitrogens with one attached hydrogen (secondary N) is 1. The molecule has 0 bridgehead atoms. The smallest absolute Gasteiger partial charge is 0.238 e. The lowest BCUT2D eigenvalue weighted by atomic mass is 10.3. The van der Waals surface area contributed by atoms with Gasteiger partial charge in [-0.2, -0.15) is 5.10 Å². The summed E-state index contributed by atoms with van der Waals surface area (Å²) in [6.07, 6.45) is 0. The maximum absolute atomic E-state index is 5.65. The molecule has 5 heteroatoms. The summed E-state index contributed by atoms with van der Waals surface area (Å²) in [6, 6.07) is 11.2. The van der Waals surface area contributed by atoms with Gasteiger partial charge >= 0.3 is 0 Å². The monoisotopic (exact) mass is 273 g/mol. The van der Waals surface area contributed by atoms with Gasteiger partial charge in [0.2, 0.25) is 5.88 Å². The maximum Gasteiger partial charge on any atom is 0.238 e. The predicted octanol–water partition coefficient (Wildman–Crippen LogP) is 2.78. The van der Waals surface area contributed by atoms with Crippen LogP contribution in [0.1, 0.15) is 19.5 Å². The van der Waals surface area contributed by atoms with Gasteiger partial charge in [-0.05, 0) is 31.7 Å². The first kappa shape index (κ1) is 14.3. The fraction of sp³-hybridized carbons (Fsp3) is 0.333. The molecule has 1 aromatic heterocycles. The molecule has 0 unspecified atom stereocenters. The van der Waals surface area contributed by atoms with E-state index in [1.165, 1.54) is 0 Å². The molecule has 0 spiro atoms. The highest BCUT2D eigenvalue weighted by Gasteiger charge is 2.02. The van der Waals surface area contributed by atoms with Crippen LogP contribution in [0.25, 0.3) is 0 Å². The average molecular weight is 273 g/mol. The Kier molecular flexibility index (Phi) is 5.32. The zero-order valence-electron chi connectivity index (χ0n) is 11.8. The number of rotatable bonds is 7. The van der Waals surface area contributed by atoms with Gasteiger partial charge in [0.05, 0.1) is 12.3 Å². The number of hydrogen-bond donors (Lipinski definition) is 1. The minimum absolute atomic E-state index is 0.471. The second-order valence-corrected chi connectivity index (χ2v) is 4.15. The number of hydrogen-bond acceptors (Lipinski definition) is 5. The van der Waals surface area contributed by atoms with Crippen LogP contribution in [0, 0.1) is 0 Å². The third-order valence-corrected chi connectivity index (χ3v) is 2.59. The second kappa shape index (κ2) is 7.45. The minimum atomic E-state index is 0.471. The van der Waals surface area contributed by atoms with Crippen molar-refractivity contribution in [1.29, 1.82) is 0 Å². The Morgan fingerprint density at radius 3 is 2.60 bits per heavy atom. The largest absolute Gasteiger partial charge is 0.494 e. The molecule has 20 heavy (non-hydrogen) atoms. The van der Waals surface area contributed by atoms with Crippen molar-refractivity contribution in [3.8, 4) is 17.4 Å². The molecule has 1 aromatic carbocycles. The molecule has 5 nitrogen and oxygen atoms in total. The van der Waals surface area contributed by atoms with Crippen molar-refractivity contribution in [1.82, 2.24) is 15.5 Å². The molecule has 2 rings (SSSR count). The highest BCUT2D eigenvalue weighted by Crippen LogP contribution is 2.23. The van der Waals surface area contributed by atoms with Gasteiger partial charge in [0.15, 0.2) is 0 Å². The van der Waals surface area contributed by atoms with E-state index in [1.54, 1.807) is 0 Å². The second-order valence-electron chi connectivity index (χ2n) is 4.15. The Morgan fingerprint density at radius 1 is 1.05 bits per heavy atom. The van der Waals surface area contributed by atoms with E-state index >= 15 is 0 Å². The lowest BCUT2D eigenvalue weighted by molar-refractivity contribution is 0.337. The van der Waals surface area contributed by atoms with Gasteiger partial charge in [0.1, 0.15) is 11.5 Å². The predicted molar refractivity (Wildman–Crippen MR) is 77.1 cm³/mol. The van der Waals surface area contributed by atoms with E-state index < -0.39 is 0 Å². The molecule has 0 radical (unpaired) electrons. The van der Waals surface area contributed by atoms with Crippen molar-refractivity contribution >= 4 is 0 Å². The quantitative estimate of drug-likeness (QED) is 0.840. The van der Waals surface area contributed by atoms with Gasteiger partial charge < -0.3 is 14.8 Å². The molecule has 0 fully saturated rings. The highest BCUT2D eigenvalue weighted by atomic mass is 16.5. The van der Waals surface area contributed by atoms with Crippen LogP contribution in [0.2, 0.25) is 0 Å². The van der Waals surface area contributed by atoms with E-state index in [4.69, 9.17) is 9.47 Å². The summed E-state index contributed by atoms with van der Waals surface area (Å²) >= 11 is 0. The molecule has 1 heterocycles.